The highest BCUT2D eigenvalue weighted by molar-refractivity contribution is 5.85. The number of rotatable bonds is 5. The van der Waals surface area contributed by atoms with Crippen molar-refractivity contribution in [1.29, 1.82) is 0 Å². The second-order valence-corrected chi connectivity index (χ2v) is 8.07. The molecule has 0 saturated carbocycles. The van der Waals surface area contributed by atoms with E-state index in [9.17, 15) is 0 Å². The lowest BCUT2D eigenvalue weighted by atomic mass is 10.1. The first-order valence-corrected chi connectivity index (χ1v) is 10.7. The molecule has 1 saturated heterocycles. The number of nitrogens with zero attached hydrogens (tertiary/aromatic N) is 6. The zero-order valence-corrected chi connectivity index (χ0v) is 17.9. The lowest BCUT2D eigenvalue weighted by Gasteiger charge is -2.35. The molecule has 160 valence electrons. The van der Waals surface area contributed by atoms with E-state index >= 15 is 0 Å². The third-order valence-corrected chi connectivity index (χ3v) is 6.02. The fraction of sp³-hybridized carbons (Fsp3) is 0.348. The zero-order valence-electron chi connectivity index (χ0n) is 17.9. The van der Waals surface area contributed by atoms with Gasteiger partial charge in [-0.2, -0.15) is 0 Å². The second kappa shape index (κ2) is 8.13. The van der Waals surface area contributed by atoms with Crippen molar-refractivity contribution in [1.82, 2.24) is 24.3 Å². The minimum Gasteiger partial charge on any atom is -0.395 e. The second-order valence-electron chi connectivity index (χ2n) is 8.07. The molecule has 0 aliphatic carbocycles. The molecule has 4 heterocycles. The number of piperazine rings is 1. The van der Waals surface area contributed by atoms with Crippen LogP contribution in [0.1, 0.15) is 11.1 Å². The van der Waals surface area contributed by atoms with Crippen LogP contribution in [0.2, 0.25) is 0 Å². The van der Waals surface area contributed by atoms with Gasteiger partial charge in [-0.15, -0.1) is 0 Å². The number of fused-ring (bicyclic) bond motifs is 3. The van der Waals surface area contributed by atoms with Crippen LogP contribution in [0.3, 0.4) is 0 Å². The van der Waals surface area contributed by atoms with Gasteiger partial charge in [0.1, 0.15) is 23.2 Å². The standard InChI is InChI=1S/C23H27N7O/c1-16-4-3-5-17(2)21(16)27-22-19-14-24-15-30(19)23-18(25-22)6-7-20(26-23)29-10-8-28(9-11-29)12-13-31/h3-7,14-15,31H,8-13H2,1-2H3,(H,25,27). The van der Waals surface area contributed by atoms with Gasteiger partial charge >= 0.3 is 0 Å². The fourth-order valence-electron chi connectivity index (χ4n) is 4.25. The summed E-state index contributed by atoms with van der Waals surface area (Å²) in [5.41, 5.74) is 5.94. The summed E-state index contributed by atoms with van der Waals surface area (Å²) in [6.45, 7) is 8.77. The summed E-state index contributed by atoms with van der Waals surface area (Å²) in [6.07, 6.45) is 3.62. The largest absolute Gasteiger partial charge is 0.395 e. The quantitative estimate of drug-likeness (QED) is 0.517. The third-order valence-electron chi connectivity index (χ3n) is 6.02. The molecule has 1 aliphatic heterocycles. The molecule has 1 aliphatic rings. The highest BCUT2D eigenvalue weighted by atomic mass is 16.3. The van der Waals surface area contributed by atoms with Crippen molar-refractivity contribution in [2.24, 2.45) is 0 Å². The third kappa shape index (κ3) is 3.68. The van der Waals surface area contributed by atoms with Crippen LogP contribution in [-0.2, 0) is 0 Å². The van der Waals surface area contributed by atoms with E-state index in [2.05, 4.69) is 52.1 Å². The van der Waals surface area contributed by atoms with E-state index in [0.717, 1.165) is 66.7 Å². The molecule has 0 spiro atoms. The fourth-order valence-corrected chi connectivity index (χ4v) is 4.25. The van der Waals surface area contributed by atoms with Gasteiger partial charge in [-0.25, -0.2) is 15.0 Å². The number of para-hydroxylation sites is 1. The van der Waals surface area contributed by atoms with Crippen LogP contribution in [0.25, 0.3) is 16.7 Å². The zero-order chi connectivity index (χ0) is 21.4. The van der Waals surface area contributed by atoms with Gasteiger partial charge in [0.25, 0.3) is 0 Å². The summed E-state index contributed by atoms with van der Waals surface area (Å²) >= 11 is 0. The first-order valence-electron chi connectivity index (χ1n) is 10.7. The maximum atomic E-state index is 9.16. The van der Waals surface area contributed by atoms with E-state index in [1.54, 1.807) is 6.33 Å². The van der Waals surface area contributed by atoms with Crippen molar-refractivity contribution >= 4 is 34.0 Å². The summed E-state index contributed by atoms with van der Waals surface area (Å²) < 4.78 is 2.00. The van der Waals surface area contributed by atoms with Crippen LogP contribution in [0.15, 0.2) is 42.9 Å². The monoisotopic (exact) mass is 417 g/mol. The molecule has 0 radical (unpaired) electrons. The topological polar surface area (TPSA) is 81.8 Å². The SMILES string of the molecule is Cc1cccc(C)c1Nc1nc2ccc(N3CCN(CCO)CC3)nc2n2cncc12. The van der Waals surface area contributed by atoms with Crippen molar-refractivity contribution in [3.8, 4) is 0 Å². The molecule has 1 aromatic carbocycles. The molecule has 5 rings (SSSR count). The number of anilines is 3. The number of imidazole rings is 1. The van der Waals surface area contributed by atoms with Crippen LogP contribution in [0.5, 0.6) is 0 Å². The summed E-state index contributed by atoms with van der Waals surface area (Å²) in [5.74, 6) is 1.72. The average Bonchev–Trinajstić information content (AvgIpc) is 3.27. The average molecular weight is 418 g/mol. The molecule has 0 amide bonds. The smallest absolute Gasteiger partial charge is 0.166 e. The summed E-state index contributed by atoms with van der Waals surface area (Å²) in [7, 11) is 0. The number of hydrogen-bond acceptors (Lipinski definition) is 7. The number of hydrogen-bond donors (Lipinski definition) is 2. The van der Waals surface area contributed by atoms with Crippen LogP contribution < -0.4 is 10.2 Å². The van der Waals surface area contributed by atoms with E-state index in [4.69, 9.17) is 15.1 Å². The Morgan fingerprint density at radius 1 is 1.00 bits per heavy atom. The van der Waals surface area contributed by atoms with Crippen molar-refractivity contribution in [3.05, 3.63) is 54.0 Å². The maximum Gasteiger partial charge on any atom is 0.166 e. The predicted molar refractivity (Wildman–Crippen MR) is 123 cm³/mol. The minimum atomic E-state index is 0.205. The molecule has 3 aromatic heterocycles. The number of aryl methyl sites for hydroxylation is 2. The number of pyridine rings is 1. The molecule has 8 nitrogen and oxygen atoms in total. The number of aliphatic hydroxyl groups excluding tert-OH is 1. The van der Waals surface area contributed by atoms with Gasteiger partial charge in [-0.1, -0.05) is 18.2 Å². The van der Waals surface area contributed by atoms with Gasteiger partial charge in [-0.3, -0.25) is 9.30 Å². The van der Waals surface area contributed by atoms with Crippen LogP contribution in [0, 0.1) is 13.8 Å². The first kappa shape index (κ1) is 19.7. The van der Waals surface area contributed by atoms with Gasteiger partial charge in [0.05, 0.1) is 12.8 Å². The van der Waals surface area contributed by atoms with Crippen molar-refractivity contribution in [2.45, 2.75) is 13.8 Å². The molecular formula is C23H27N7O. The number of benzene rings is 1. The van der Waals surface area contributed by atoms with Crippen molar-refractivity contribution in [2.75, 3.05) is 49.5 Å². The van der Waals surface area contributed by atoms with E-state index in [1.165, 1.54) is 11.1 Å². The van der Waals surface area contributed by atoms with Gasteiger partial charge in [0, 0.05) is 38.4 Å². The van der Waals surface area contributed by atoms with Crippen molar-refractivity contribution < 1.29 is 5.11 Å². The molecule has 31 heavy (non-hydrogen) atoms. The Kier molecular flexibility index (Phi) is 5.17. The Bertz CT molecular complexity index is 1210. The summed E-state index contributed by atoms with van der Waals surface area (Å²) in [4.78, 5) is 18.8. The minimum absolute atomic E-state index is 0.205. The molecule has 0 atom stereocenters. The predicted octanol–water partition coefficient (Wildman–Crippen LogP) is 2.75. The van der Waals surface area contributed by atoms with Crippen LogP contribution >= 0.6 is 0 Å². The Morgan fingerprint density at radius 3 is 2.52 bits per heavy atom. The molecule has 1 fully saturated rings. The molecule has 0 bridgehead atoms. The summed E-state index contributed by atoms with van der Waals surface area (Å²) in [5, 5.41) is 12.7. The number of β-amino-alcohol motifs (C(OH)–C–C–N with tert-alkyl or cyclic N) is 1. The maximum absolute atomic E-state index is 9.16. The van der Waals surface area contributed by atoms with Crippen LogP contribution in [-0.4, -0.2) is 68.7 Å². The highest BCUT2D eigenvalue weighted by Crippen LogP contribution is 2.28. The van der Waals surface area contributed by atoms with E-state index in [0.29, 0.717) is 0 Å². The Labute approximate surface area is 181 Å². The van der Waals surface area contributed by atoms with Gasteiger partial charge in [0.2, 0.25) is 0 Å². The summed E-state index contributed by atoms with van der Waals surface area (Å²) in [6, 6.07) is 10.3. The number of nitrogens with one attached hydrogen (secondary N) is 1. The lowest BCUT2D eigenvalue weighted by Crippen LogP contribution is -2.47. The Hall–Kier alpha value is -3.23. The number of aliphatic hydroxyl groups is 1. The Balaban J connectivity index is 1.50. The van der Waals surface area contributed by atoms with Crippen molar-refractivity contribution in [3.63, 3.8) is 0 Å². The normalized spacial score (nSPS) is 15.1. The lowest BCUT2D eigenvalue weighted by molar-refractivity contribution is 0.188. The number of aromatic nitrogens is 4. The Morgan fingerprint density at radius 2 is 1.77 bits per heavy atom. The molecular weight excluding hydrogens is 390 g/mol. The molecule has 2 N–H and O–H groups in total. The molecule has 8 heteroatoms. The van der Waals surface area contributed by atoms with Crippen LogP contribution in [0.4, 0.5) is 17.3 Å². The molecule has 4 aromatic rings. The van der Waals surface area contributed by atoms with E-state index in [1.807, 2.05) is 22.7 Å². The van der Waals surface area contributed by atoms with E-state index < -0.39 is 0 Å². The van der Waals surface area contributed by atoms with Gasteiger partial charge in [0.15, 0.2) is 11.5 Å². The highest BCUT2D eigenvalue weighted by Gasteiger charge is 2.19. The molecule has 0 unspecified atom stereocenters. The van der Waals surface area contributed by atoms with Gasteiger partial charge < -0.3 is 15.3 Å². The van der Waals surface area contributed by atoms with E-state index in [-0.39, 0.29) is 6.61 Å². The first-order chi connectivity index (χ1) is 15.1. The van der Waals surface area contributed by atoms with Gasteiger partial charge in [-0.05, 0) is 37.1 Å².